The van der Waals surface area contributed by atoms with Crippen molar-refractivity contribution >= 4 is 22.7 Å². The predicted octanol–water partition coefficient (Wildman–Crippen LogP) is 6.02. The molecule has 0 bridgehead atoms. The second-order valence-corrected chi connectivity index (χ2v) is 7.85. The summed E-state index contributed by atoms with van der Waals surface area (Å²) in [6.07, 6.45) is 5.82. The number of carbonyl (C=O) groups is 2. The summed E-state index contributed by atoms with van der Waals surface area (Å²) in [6.45, 7) is 3.92. The lowest BCUT2D eigenvalue weighted by atomic mass is 9.85. The van der Waals surface area contributed by atoms with Crippen LogP contribution in [-0.4, -0.2) is 17.0 Å². The molecule has 0 radical (unpaired) electrons. The summed E-state index contributed by atoms with van der Waals surface area (Å²) in [5.41, 5.74) is 2.49. The molecule has 0 aromatic heterocycles. The maximum Gasteiger partial charge on any atom is 0.336 e. The largest absolute Gasteiger partial charge is 0.478 e. The molecule has 3 aromatic carbocycles. The van der Waals surface area contributed by atoms with Gasteiger partial charge in [0.1, 0.15) is 5.75 Å². The Bertz CT molecular complexity index is 1150. The molecule has 0 saturated heterocycles. The lowest BCUT2D eigenvalue weighted by Crippen LogP contribution is -2.27. The fourth-order valence-corrected chi connectivity index (χ4v) is 4.30. The van der Waals surface area contributed by atoms with E-state index in [1.807, 2.05) is 50.2 Å². The molecular weight excluding hydrogens is 376 g/mol. The van der Waals surface area contributed by atoms with Crippen molar-refractivity contribution in [2.75, 3.05) is 0 Å². The number of allylic oxidation sites excluding steroid dienone is 2. The molecular formula is C26H24O4. The number of fused-ring (bicyclic) bond motifs is 1. The highest BCUT2D eigenvalue weighted by atomic mass is 16.5. The lowest BCUT2D eigenvalue weighted by Gasteiger charge is -2.23. The first-order valence-corrected chi connectivity index (χ1v) is 10.2. The molecule has 0 saturated carbocycles. The van der Waals surface area contributed by atoms with Crippen molar-refractivity contribution in [3.8, 4) is 16.9 Å². The van der Waals surface area contributed by atoms with Crippen LogP contribution in [0.5, 0.6) is 5.75 Å². The first kappa shape index (κ1) is 19.9. The first-order chi connectivity index (χ1) is 14.5. The molecule has 0 fully saturated rings. The van der Waals surface area contributed by atoms with Gasteiger partial charge in [-0.05, 0) is 59.9 Å². The molecule has 0 aliphatic heterocycles. The minimum atomic E-state index is -0.983. The maximum atomic E-state index is 13.0. The predicted molar refractivity (Wildman–Crippen MR) is 118 cm³/mol. The molecule has 4 heteroatoms. The van der Waals surface area contributed by atoms with Gasteiger partial charge in [0.25, 0.3) is 0 Å². The summed E-state index contributed by atoms with van der Waals surface area (Å²) in [5.74, 6) is -0.795. The van der Waals surface area contributed by atoms with Crippen molar-refractivity contribution < 1.29 is 19.4 Å². The second-order valence-electron chi connectivity index (χ2n) is 7.85. The number of carboxylic acids is 1. The van der Waals surface area contributed by atoms with Crippen molar-refractivity contribution in [2.24, 2.45) is 11.8 Å². The van der Waals surface area contributed by atoms with Crippen LogP contribution in [0.15, 0.2) is 66.7 Å². The van der Waals surface area contributed by atoms with E-state index in [2.05, 4.69) is 12.2 Å². The van der Waals surface area contributed by atoms with E-state index in [9.17, 15) is 14.7 Å². The second kappa shape index (κ2) is 8.15. The molecule has 2 unspecified atom stereocenters. The van der Waals surface area contributed by atoms with Gasteiger partial charge in [-0.2, -0.15) is 0 Å². The molecule has 30 heavy (non-hydrogen) atoms. The Labute approximate surface area is 175 Å². The zero-order chi connectivity index (χ0) is 21.3. The van der Waals surface area contributed by atoms with Gasteiger partial charge in [-0.3, -0.25) is 4.79 Å². The minimum Gasteiger partial charge on any atom is -0.478 e. The van der Waals surface area contributed by atoms with Gasteiger partial charge in [-0.15, -0.1) is 0 Å². The number of esters is 1. The Balaban J connectivity index is 1.86. The van der Waals surface area contributed by atoms with Crippen LogP contribution in [0.2, 0.25) is 0 Å². The van der Waals surface area contributed by atoms with E-state index in [1.165, 1.54) is 0 Å². The SMILES string of the molecule is Cc1cccc(C(=O)O)c1-c1cccc2cccc(OC(=O)C3CCC=CC3C)c12. The van der Waals surface area contributed by atoms with E-state index in [4.69, 9.17) is 4.74 Å². The van der Waals surface area contributed by atoms with Gasteiger partial charge in [0, 0.05) is 5.39 Å². The van der Waals surface area contributed by atoms with E-state index in [1.54, 1.807) is 18.2 Å². The zero-order valence-electron chi connectivity index (χ0n) is 17.1. The van der Waals surface area contributed by atoms with Crippen molar-refractivity contribution in [1.82, 2.24) is 0 Å². The van der Waals surface area contributed by atoms with Gasteiger partial charge in [-0.1, -0.05) is 61.5 Å². The van der Waals surface area contributed by atoms with Gasteiger partial charge < -0.3 is 9.84 Å². The van der Waals surface area contributed by atoms with Crippen LogP contribution in [0.1, 0.15) is 35.7 Å². The number of carboxylic acid groups (broad SMARTS) is 1. The third-order valence-corrected chi connectivity index (χ3v) is 5.87. The monoisotopic (exact) mass is 400 g/mol. The molecule has 4 rings (SSSR count). The average molecular weight is 400 g/mol. The highest BCUT2D eigenvalue weighted by Gasteiger charge is 2.28. The standard InChI is InChI=1S/C26H24O4/c1-16-8-3-4-12-19(16)26(29)30-22-15-7-11-18-10-6-13-20(24(18)22)23-17(2)9-5-14-21(23)25(27)28/h3,5-11,13-16,19H,4,12H2,1-2H3,(H,27,28). The highest BCUT2D eigenvalue weighted by Crippen LogP contribution is 2.39. The van der Waals surface area contributed by atoms with Gasteiger partial charge in [-0.25, -0.2) is 4.79 Å². The average Bonchev–Trinajstić information content (AvgIpc) is 2.73. The Morgan fingerprint density at radius 3 is 2.50 bits per heavy atom. The van der Waals surface area contributed by atoms with Crippen molar-refractivity contribution in [1.29, 1.82) is 0 Å². The number of hydrogen-bond donors (Lipinski definition) is 1. The van der Waals surface area contributed by atoms with Crippen LogP contribution >= 0.6 is 0 Å². The molecule has 4 nitrogen and oxygen atoms in total. The van der Waals surface area contributed by atoms with Crippen molar-refractivity contribution in [2.45, 2.75) is 26.7 Å². The lowest BCUT2D eigenvalue weighted by molar-refractivity contribution is -0.140. The third kappa shape index (κ3) is 3.61. The van der Waals surface area contributed by atoms with Crippen LogP contribution in [0.4, 0.5) is 0 Å². The summed E-state index contributed by atoms with van der Waals surface area (Å²) >= 11 is 0. The third-order valence-electron chi connectivity index (χ3n) is 5.87. The van der Waals surface area contributed by atoms with E-state index in [-0.39, 0.29) is 23.4 Å². The summed E-state index contributed by atoms with van der Waals surface area (Å²) in [5, 5.41) is 11.4. The molecule has 3 aromatic rings. The van der Waals surface area contributed by atoms with E-state index in [0.717, 1.165) is 34.7 Å². The number of aromatic carboxylic acids is 1. The fraction of sp³-hybridized carbons (Fsp3) is 0.231. The van der Waals surface area contributed by atoms with E-state index >= 15 is 0 Å². The van der Waals surface area contributed by atoms with Gasteiger partial charge >= 0.3 is 11.9 Å². The van der Waals surface area contributed by atoms with Gasteiger partial charge in [0.15, 0.2) is 0 Å². The first-order valence-electron chi connectivity index (χ1n) is 10.2. The van der Waals surface area contributed by atoms with E-state index < -0.39 is 5.97 Å². The number of aryl methyl sites for hydroxylation is 1. The van der Waals surface area contributed by atoms with Crippen molar-refractivity contribution in [3.63, 3.8) is 0 Å². The highest BCUT2D eigenvalue weighted by molar-refractivity contribution is 6.07. The quantitative estimate of drug-likeness (QED) is 0.330. The summed E-state index contributed by atoms with van der Waals surface area (Å²) in [4.78, 5) is 24.9. The van der Waals surface area contributed by atoms with Crippen LogP contribution in [0.3, 0.4) is 0 Å². The molecule has 0 spiro atoms. The molecule has 1 aliphatic rings. The normalized spacial score (nSPS) is 18.3. The van der Waals surface area contributed by atoms with Crippen LogP contribution in [0, 0.1) is 18.8 Å². The Hall–Kier alpha value is -3.40. The summed E-state index contributed by atoms with van der Waals surface area (Å²) in [6, 6.07) is 16.6. The van der Waals surface area contributed by atoms with Gasteiger partial charge in [0.05, 0.1) is 11.5 Å². The Morgan fingerprint density at radius 2 is 1.77 bits per heavy atom. The fourth-order valence-electron chi connectivity index (χ4n) is 4.30. The number of ether oxygens (including phenoxy) is 1. The maximum absolute atomic E-state index is 13.0. The summed E-state index contributed by atoms with van der Waals surface area (Å²) in [7, 11) is 0. The van der Waals surface area contributed by atoms with Gasteiger partial charge in [0.2, 0.25) is 0 Å². The summed E-state index contributed by atoms with van der Waals surface area (Å²) < 4.78 is 5.92. The number of carbonyl (C=O) groups excluding carboxylic acids is 1. The minimum absolute atomic E-state index is 0.135. The zero-order valence-corrected chi connectivity index (χ0v) is 17.1. The molecule has 1 N–H and O–H groups in total. The Morgan fingerprint density at radius 1 is 1.03 bits per heavy atom. The van der Waals surface area contributed by atoms with Crippen LogP contribution < -0.4 is 4.74 Å². The molecule has 0 amide bonds. The topological polar surface area (TPSA) is 63.6 Å². The molecule has 152 valence electrons. The van der Waals surface area contributed by atoms with E-state index in [0.29, 0.717) is 11.3 Å². The number of benzene rings is 3. The number of hydrogen-bond acceptors (Lipinski definition) is 3. The van der Waals surface area contributed by atoms with Crippen LogP contribution in [-0.2, 0) is 4.79 Å². The molecule has 2 atom stereocenters. The molecule has 0 heterocycles. The molecule has 1 aliphatic carbocycles. The van der Waals surface area contributed by atoms with Crippen molar-refractivity contribution in [3.05, 3.63) is 77.9 Å². The number of rotatable bonds is 4. The smallest absolute Gasteiger partial charge is 0.336 e. The van der Waals surface area contributed by atoms with Crippen LogP contribution in [0.25, 0.3) is 21.9 Å². The Kier molecular flexibility index (Phi) is 5.40.